The molecule has 1 heterocycles. The highest BCUT2D eigenvalue weighted by molar-refractivity contribution is 7.88. The van der Waals surface area contributed by atoms with Crippen molar-refractivity contribution in [1.82, 2.24) is 14.9 Å². The van der Waals surface area contributed by atoms with Crippen LogP contribution in [0.1, 0.15) is 52.0 Å². The van der Waals surface area contributed by atoms with Gasteiger partial charge < -0.3 is 10.2 Å². The lowest BCUT2D eigenvalue weighted by molar-refractivity contribution is 0.162. The molecule has 0 unspecified atom stereocenters. The Morgan fingerprint density at radius 3 is 2.45 bits per heavy atom. The van der Waals surface area contributed by atoms with E-state index >= 15 is 0 Å². The van der Waals surface area contributed by atoms with E-state index in [1.54, 1.807) is 5.57 Å². The van der Waals surface area contributed by atoms with Crippen molar-refractivity contribution in [1.29, 1.82) is 0 Å². The largest absolute Gasteiger partial charge is 0.311 e. The van der Waals surface area contributed by atoms with E-state index < -0.39 is 15.6 Å². The van der Waals surface area contributed by atoms with Crippen LogP contribution in [0, 0.1) is 5.92 Å². The summed E-state index contributed by atoms with van der Waals surface area (Å²) in [6, 6.07) is 11.8. The second-order valence-electron chi connectivity index (χ2n) is 9.41. The average Bonchev–Trinajstić information content (AvgIpc) is 3.39. The number of rotatable bonds is 9. The van der Waals surface area contributed by atoms with E-state index in [4.69, 9.17) is 0 Å². The van der Waals surface area contributed by atoms with Gasteiger partial charge in [0.15, 0.2) is 0 Å². The predicted molar refractivity (Wildman–Crippen MR) is 121 cm³/mol. The Labute approximate surface area is 177 Å². The van der Waals surface area contributed by atoms with Crippen molar-refractivity contribution < 1.29 is 8.42 Å². The van der Waals surface area contributed by atoms with Gasteiger partial charge in [0.2, 0.25) is 10.0 Å². The molecule has 2 atom stereocenters. The van der Waals surface area contributed by atoms with Crippen LogP contribution in [0.5, 0.6) is 0 Å². The predicted octanol–water partition coefficient (Wildman–Crippen LogP) is 3.25. The van der Waals surface area contributed by atoms with Crippen LogP contribution in [0.25, 0.3) is 6.08 Å². The summed E-state index contributed by atoms with van der Waals surface area (Å²) >= 11 is 0. The molecular weight excluding hydrogens is 382 g/mol. The Balaban J connectivity index is 1.44. The zero-order chi connectivity index (χ0) is 21.1. The van der Waals surface area contributed by atoms with Crippen LogP contribution in [0.4, 0.5) is 0 Å². The Morgan fingerprint density at radius 2 is 1.86 bits per heavy atom. The van der Waals surface area contributed by atoms with E-state index in [1.165, 1.54) is 18.2 Å². The first-order valence-corrected chi connectivity index (χ1v) is 12.8. The van der Waals surface area contributed by atoms with Crippen molar-refractivity contribution in [3.63, 3.8) is 0 Å². The zero-order valence-electron chi connectivity index (χ0n) is 18.3. The van der Waals surface area contributed by atoms with Crippen molar-refractivity contribution in [3.05, 3.63) is 41.5 Å². The Morgan fingerprint density at radius 1 is 1.21 bits per heavy atom. The van der Waals surface area contributed by atoms with Crippen molar-refractivity contribution in [2.75, 3.05) is 25.9 Å². The van der Waals surface area contributed by atoms with Crippen molar-refractivity contribution in [2.24, 2.45) is 5.92 Å². The highest BCUT2D eigenvalue weighted by Crippen LogP contribution is 2.40. The third-order valence-electron chi connectivity index (χ3n) is 5.94. The van der Waals surface area contributed by atoms with Gasteiger partial charge in [-0.2, -0.15) is 0 Å². The molecule has 1 aromatic rings. The summed E-state index contributed by atoms with van der Waals surface area (Å²) in [5.74, 6) is 0.677. The normalized spacial score (nSPS) is 24.6. The standard InChI is InChI=1S/C23H37N3O2S/c1-5-19(15-18-9-7-6-8-10-18)21-16-22(21)24-20-11-13-26(14-12-20)17-23(2,3)25-29(4,27)28/h6-10,15,20-22,24-25H,5,11-14,16-17H2,1-4H3/b19-15+/t21-,22+/m0/s1. The van der Waals surface area contributed by atoms with E-state index in [0.29, 0.717) is 18.0 Å². The third-order valence-corrected chi connectivity index (χ3v) is 6.87. The molecule has 162 valence electrons. The molecule has 2 aliphatic rings. The molecule has 1 aliphatic carbocycles. The van der Waals surface area contributed by atoms with E-state index in [0.717, 1.165) is 38.9 Å². The molecule has 0 bridgehead atoms. The minimum Gasteiger partial charge on any atom is -0.311 e. The zero-order valence-corrected chi connectivity index (χ0v) is 19.1. The van der Waals surface area contributed by atoms with E-state index in [9.17, 15) is 8.42 Å². The maximum absolute atomic E-state index is 11.6. The molecule has 0 aromatic heterocycles. The maximum atomic E-state index is 11.6. The smallest absolute Gasteiger partial charge is 0.209 e. The Kier molecular flexibility index (Phi) is 7.20. The average molecular weight is 420 g/mol. The van der Waals surface area contributed by atoms with Gasteiger partial charge in [0.1, 0.15) is 0 Å². The van der Waals surface area contributed by atoms with Gasteiger partial charge >= 0.3 is 0 Å². The summed E-state index contributed by atoms with van der Waals surface area (Å²) in [5.41, 5.74) is 2.42. The molecule has 6 heteroatoms. The fraction of sp³-hybridized carbons (Fsp3) is 0.652. The van der Waals surface area contributed by atoms with Gasteiger partial charge in [-0.3, -0.25) is 0 Å². The van der Waals surface area contributed by atoms with E-state index in [-0.39, 0.29) is 0 Å². The number of hydrogen-bond donors (Lipinski definition) is 2. The lowest BCUT2D eigenvalue weighted by Crippen LogP contribution is -2.54. The SMILES string of the molecule is CC/C(=C\c1ccccc1)[C@@H]1C[C@H]1NC1CCN(CC(C)(C)NS(C)(=O)=O)CC1. The minimum atomic E-state index is -3.18. The number of nitrogens with one attached hydrogen (secondary N) is 2. The lowest BCUT2D eigenvalue weighted by atomic mass is 10.0. The molecule has 2 N–H and O–H groups in total. The summed E-state index contributed by atoms with van der Waals surface area (Å²) in [7, 11) is -3.18. The quantitative estimate of drug-likeness (QED) is 0.645. The highest BCUT2D eigenvalue weighted by atomic mass is 32.2. The van der Waals surface area contributed by atoms with Gasteiger partial charge in [-0.1, -0.05) is 48.9 Å². The van der Waals surface area contributed by atoms with Crippen LogP contribution in [0.3, 0.4) is 0 Å². The van der Waals surface area contributed by atoms with Crippen molar-refractivity contribution in [3.8, 4) is 0 Å². The molecule has 0 spiro atoms. The second-order valence-corrected chi connectivity index (χ2v) is 11.2. The first-order chi connectivity index (χ1) is 13.6. The molecule has 1 saturated carbocycles. The molecule has 1 saturated heterocycles. The Hall–Kier alpha value is -1.21. The van der Waals surface area contributed by atoms with Gasteiger partial charge in [-0.15, -0.1) is 0 Å². The third kappa shape index (κ3) is 7.21. The van der Waals surface area contributed by atoms with Crippen molar-refractivity contribution in [2.45, 2.75) is 64.1 Å². The minimum absolute atomic E-state index is 0.437. The lowest BCUT2D eigenvalue weighted by Gasteiger charge is -2.37. The number of benzene rings is 1. The van der Waals surface area contributed by atoms with E-state index in [1.807, 2.05) is 13.8 Å². The second kappa shape index (κ2) is 9.29. The fourth-order valence-electron chi connectivity index (χ4n) is 4.68. The fourth-order valence-corrected chi connectivity index (χ4v) is 5.75. The van der Waals surface area contributed by atoms with Crippen LogP contribution >= 0.6 is 0 Å². The van der Waals surface area contributed by atoms with Gasteiger partial charge in [0, 0.05) is 24.2 Å². The van der Waals surface area contributed by atoms with Gasteiger partial charge in [0.25, 0.3) is 0 Å². The molecule has 1 aromatic carbocycles. The van der Waals surface area contributed by atoms with Crippen LogP contribution in [-0.2, 0) is 10.0 Å². The monoisotopic (exact) mass is 419 g/mol. The maximum Gasteiger partial charge on any atom is 0.209 e. The number of nitrogens with zero attached hydrogens (tertiary/aromatic N) is 1. The van der Waals surface area contributed by atoms with Crippen LogP contribution in [-0.4, -0.2) is 56.8 Å². The first-order valence-electron chi connectivity index (χ1n) is 10.9. The number of hydrogen-bond acceptors (Lipinski definition) is 4. The van der Waals surface area contributed by atoms with Crippen LogP contribution in [0.2, 0.25) is 0 Å². The van der Waals surface area contributed by atoms with Gasteiger partial charge in [-0.05, 0) is 64.1 Å². The van der Waals surface area contributed by atoms with Crippen molar-refractivity contribution >= 4 is 16.1 Å². The molecule has 0 amide bonds. The molecule has 29 heavy (non-hydrogen) atoms. The molecular formula is C23H37N3O2S. The van der Waals surface area contributed by atoms with Crippen LogP contribution < -0.4 is 10.0 Å². The molecule has 3 rings (SSSR count). The topological polar surface area (TPSA) is 61.4 Å². The van der Waals surface area contributed by atoms with Gasteiger partial charge in [-0.25, -0.2) is 13.1 Å². The Bertz CT molecular complexity index is 797. The van der Waals surface area contributed by atoms with Crippen LogP contribution in [0.15, 0.2) is 35.9 Å². The van der Waals surface area contributed by atoms with E-state index in [2.05, 4.69) is 58.3 Å². The first kappa shape index (κ1) is 22.5. The molecule has 0 radical (unpaired) electrons. The summed E-state index contributed by atoms with van der Waals surface area (Å²) in [6.45, 7) is 8.96. The number of piperidine rings is 1. The number of sulfonamides is 1. The summed E-state index contributed by atoms with van der Waals surface area (Å²) in [5, 5.41) is 3.89. The summed E-state index contributed by atoms with van der Waals surface area (Å²) in [4.78, 5) is 2.38. The molecule has 5 nitrogen and oxygen atoms in total. The molecule has 1 aliphatic heterocycles. The summed E-state index contributed by atoms with van der Waals surface area (Å²) < 4.78 is 25.9. The highest BCUT2D eigenvalue weighted by Gasteiger charge is 2.40. The summed E-state index contributed by atoms with van der Waals surface area (Å²) in [6.07, 6.45) is 8.21. The number of likely N-dealkylation sites (tertiary alicyclic amines) is 1. The molecule has 2 fully saturated rings. The van der Waals surface area contributed by atoms with Gasteiger partial charge in [0.05, 0.1) is 6.26 Å².